The van der Waals surface area contributed by atoms with E-state index in [9.17, 15) is 9.59 Å². The molecule has 1 aromatic carbocycles. The maximum Gasteiger partial charge on any atom is 0.409 e. The van der Waals surface area contributed by atoms with Gasteiger partial charge in [0.15, 0.2) is 12.6 Å². The van der Waals surface area contributed by atoms with Gasteiger partial charge in [0.2, 0.25) is 0 Å². The summed E-state index contributed by atoms with van der Waals surface area (Å²) in [6.45, 7) is 8.47. The van der Waals surface area contributed by atoms with E-state index < -0.39 is 0 Å². The van der Waals surface area contributed by atoms with E-state index >= 15 is 0 Å². The van der Waals surface area contributed by atoms with Crippen molar-refractivity contribution in [3.63, 3.8) is 0 Å². The Morgan fingerprint density at radius 2 is 1.75 bits per heavy atom. The van der Waals surface area contributed by atoms with Crippen molar-refractivity contribution < 1.29 is 19.1 Å². The van der Waals surface area contributed by atoms with Crippen LogP contribution >= 0.6 is 0 Å². The monoisotopic (exact) mass is 445 g/mol. The maximum atomic E-state index is 11.9. The van der Waals surface area contributed by atoms with Crippen LogP contribution in [0.15, 0.2) is 29.3 Å². The molecule has 0 spiro atoms. The number of hydrogen-bond donors (Lipinski definition) is 2. The number of nitrogens with one attached hydrogen (secondary N) is 2. The molecule has 1 aliphatic heterocycles. The van der Waals surface area contributed by atoms with Crippen LogP contribution in [0.4, 0.5) is 4.79 Å². The lowest BCUT2D eigenvalue weighted by atomic mass is 10.1. The molecule has 0 unspecified atom stereocenters. The summed E-state index contributed by atoms with van der Waals surface area (Å²) >= 11 is 0. The van der Waals surface area contributed by atoms with Crippen LogP contribution in [0.2, 0.25) is 0 Å². The lowest BCUT2D eigenvalue weighted by Gasteiger charge is -2.35. The van der Waals surface area contributed by atoms with Crippen LogP contribution in [-0.4, -0.2) is 86.3 Å². The van der Waals surface area contributed by atoms with E-state index in [0.29, 0.717) is 38.0 Å². The molecule has 9 heteroatoms. The van der Waals surface area contributed by atoms with Gasteiger partial charge in [0.1, 0.15) is 5.75 Å². The van der Waals surface area contributed by atoms with Crippen molar-refractivity contribution in [1.29, 1.82) is 0 Å². The molecule has 1 aliphatic carbocycles. The predicted molar refractivity (Wildman–Crippen MR) is 123 cm³/mol. The van der Waals surface area contributed by atoms with Gasteiger partial charge in [0.25, 0.3) is 5.91 Å². The van der Waals surface area contributed by atoms with Gasteiger partial charge in [-0.2, -0.15) is 0 Å². The number of guanidine groups is 1. The first-order chi connectivity index (χ1) is 15.6. The molecule has 1 saturated carbocycles. The van der Waals surface area contributed by atoms with Crippen molar-refractivity contribution in [1.82, 2.24) is 20.4 Å². The molecule has 3 rings (SSSR count). The average molecular weight is 446 g/mol. The maximum absolute atomic E-state index is 11.9. The van der Waals surface area contributed by atoms with Gasteiger partial charge >= 0.3 is 6.09 Å². The Bertz CT molecular complexity index is 771. The zero-order valence-corrected chi connectivity index (χ0v) is 19.1. The van der Waals surface area contributed by atoms with Gasteiger partial charge in [-0.1, -0.05) is 12.1 Å². The second-order valence-electron chi connectivity index (χ2n) is 7.93. The first-order valence-corrected chi connectivity index (χ1v) is 11.5. The lowest BCUT2D eigenvalue weighted by molar-refractivity contribution is -0.123. The van der Waals surface area contributed by atoms with E-state index in [4.69, 9.17) is 14.5 Å². The molecule has 0 atom stereocenters. The molecular weight excluding hydrogens is 410 g/mol. The number of nitrogens with zero attached hydrogens (tertiary/aromatic N) is 3. The first-order valence-electron chi connectivity index (χ1n) is 11.5. The SMILES string of the molecule is CCNC(=NCCc1ccc(OCC(=O)NC2CC2)cc1)N1CCN(C(=O)OCC)CC1. The van der Waals surface area contributed by atoms with Crippen LogP contribution in [0.3, 0.4) is 0 Å². The standard InChI is InChI=1S/C23H35N5O4/c1-3-24-22(27-13-15-28(16-14-27)23(30)31-4-2)25-12-11-18-5-9-20(10-6-18)32-17-21(29)26-19-7-8-19/h5-6,9-10,19H,3-4,7-8,11-17H2,1-2H3,(H,24,25)(H,26,29). The third-order valence-electron chi connectivity index (χ3n) is 5.34. The third kappa shape index (κ3) is 7.62. The Kier molecular flexibility index (Phi) is 9.01. The van der Waals surface area contributed by atoms with Crippen molar-refractivity contribution in [2.45, 2.75) is 39.2 Å². The fourth-order valence-corrected chi connectivity index (χ4v) is 3.43. The highest BCUT2D eigenvalue weighted by atomic mass is 16.6. The molecule has 1 heterocycles. The van der Waals surface area contributed by atoms with Gasteiger partial charge in [-0.05, 0) is 50.8 Å². The zero-order valence-electron chi connectivity index (χ0n) is 19.1. The third-order valence-corrected chi connectivity index (χ3v) is 5.34. The number of benzene rings is 1. The van der Waals surface area contributed by atoms with Gasteiger partial charge in [0.05, 0.1) is 6.61 Å². The van der Waals surface area contributed by atoms with Crippen molar-refractivity contribution >= 4 is 18.0 Å². The van der Waals surface area contributed by atoms with E-state index in [2.05, 4.69) is 15.5 Å². The Balaban J connectivity index is 1.43. The second-order valence-corrected chi connectivity index (χ2v) is 7.93. The summed E-state index contributed by atoms with van der Waals surface area (Å²) in [6, 6.07) is 8.15. The highest BCUT2D eigenvalue weighted by Gasteiger charge is 2.24. The van der Waals surface area contributed by atoms with Crippen LogP contribution in [-0.2, 0) is 16.0 Å². The molecule has 32 heavy (non-hydrogen) atoms. The molecule has 0 bridgehead atoms. The quantitative estimate of drug-likeness (QED) is 0.443. The highest BCUT2D eigenvalue weighted by molar-refractivity contribution is 5.80. The minimum atomic E-state index is -0.245. The summed E-state index contributed by atoms with van der Waals surface area (Å²) in [5.74, 6) is 1.50. The molecule has 176 valence electrons. The summed E-state index contributed by atoms with van der Waals surface area (Å²) in [6.07, 6.45) is 2.70. The topological polar surface area (TPSA) is 95.5 Å². The van der Waals surface area contributed by atoms with E-state index in [1.165, 1.54) is 0 Å². The van der Waals surface area contributed by atoms with Crippen LogP contribution in [0.5, 0.6) is 5.75 Å². The van der Waals surface area contributed by atoms with E-state index in [1.54, 1.807) is 4.90 Å². The Morgan fingerprint density at radius 1 is 1.06 bits per heavy atom. The molecule has 1 saturated heterocycles. The van der Waals surface area contributed by atoms with Gasteiger partial charge < -0.3 is 29.9 Å². The van der Waals surface area contributed by atoms with E-state index in [-0.39, 0.29) is 18.6 Å². The minimum Gasteiger partial charge on any atom is -0.484 e. The summed E-state index contributed by atoms with van der Waals surface area (Å²) in [4.78, 5) is 32.3. The van der Waals surface area contributed by atoms with Crippen molar-refractivity contribution in [2.24, 2.45) is 4.99 Å². The summed E-state index contributed by atoms with van der Waals surface area (Å²) in [5.41, 5.74) is 1.16. The molecule has 0 radical (unpaired) electrons. The van der Waals surface area contributed by atoms with Crippen LogP contribution in [0, 0.1) is 0 Å². The largest absolute Gasteiger partial charge is 0.484 e. The smallest absolute Gasteiger partial charge is 0.409 e. The number of carbonyl (C=O) groups is 2. The van der Waals surface area contributed by atoms with Gasteiger partial charge in [-0.3, -0.25) is 9.79 Å². The minimum absolute atomic E-state index is 0.0512. The molecule has 2 aliphatic rings. The fraction of sp³-hybridized carbons (Fsp3) is 0.609. The Hall–Kier alpha value is -2.97. The van der Waals surface area contributed by atoms with Crippen molar-refractivity contribution in [3.8, 4) is 5.75 Å². The number of ether oxygens (including phenoxy) is 2. The van der Waals surface area contributed by atoms with Gasteiger partial charge in [-0.25, -0.2) is 4.79 Å². The molecule has 2 fully saturated rings. The fourth-order valence-electron chi connectivity index (χ4n) is 3.43. The van der Waals surface area contributed by atoms with E-state index in [1.807, 2.05) is 38.1 Å². The Labute approximate surface area is 190 Å². The van der Waals surface area contributed by atoms with Gasteiger partial charge in [0, 0.05) is 45.3 Å². The average Bonchev–Trinajstić information content (AvgIpc) is 3.62. The van der Waals surface area contributed by atoms with Crippen molar-refractivity contribution in [2.75, 3.05) is 52.5 Å². The number of hydrogen-bond acceptors (Lipinski definition) is 5. The predicted octanol–water partition coefficient (Wildman–Crippen LogP) is 1.63. The summed E-state index contributed by atoms with van der Waals surface area (Å²) in [5, 5.41) is 6.26. The number of rotatable bonds is 9. The van der Waals surface area contributed by atoms with Crippen LogP contribution in [0.25, 0.3) is 0 Å². The molecule has 2 N–H and O–H groups in total. The van der Waals surface area contributed by atoms with Crippen LogP contribution in [0.1, 0.15) is 32.3 Å². The molecule has 9 nitrogen and oxygen atoms in total. The number of piperazine rings is 1. The zero-order chi connectivity index (χ0) is 22.8. The second kappa shape index (κ2) is 12.2. The van der Waals surface area contributed by atoms with Gasteiger partial charge in [-0.15, -0.1) is 0 Å². The first kappa shape index (κ1) is 23.7. The number of amides is 2. The van der Waals surface area contributed by atoms with Crippen LogP contribution < -0.4 is 15.4 Å². The molecular formula is C23H35N5O4. The summed E-state index contributed by atoms with van der Waals surface area (Å²) in [7, 11) is 0. The molecule has 1 aromatic rings. The normalized spacial score (nSPS) is 16.5. The lowest BCUT2D eigenvalue weighted by Crippen LogP contribution is -2.54. The number of carbonyl (C=O) groups excluding carboxylic acids is 2. The highest BCUT2D eigenvalue weighted by Crippen LogP contribution is 2.18. The van der Waals surface area contributed by atoms with Crippen molar-refractivity contribution in [3.05, 3.63) is 29.8 Å². The molecule has 2 amide bonds. The summed E-state index contributed by atoms with van der Waals surface area (Å²) < 4.78 is 10.6. The van der Waals surface area contributed by atoms with E-state index in [0.717, 1.165) is 50.4 Å². The number of aliphatic imine (C=N–C) groups is 1. The molecule has 0 aromatic heterocycles. The Morgan fingerprint density at radius 3 is 2.38 bits per heavy atom.